The van der Waals surface area contributed by atoms with Gasteiger partial charge in [-0.05, 0) is 35.9 Å². The molecule has 0 heterocycles. The van der Waals surface area contributed by atoms with Crippen LogP contribution in [0.3, 0.4) is 0 Å². The first kappa shape index (κ1) is 13.2. The van der Waals surface area contributed by atoms with Crippen LogP contribution < -0.4 is 0 Å². The smallest absolute Gasteiger partial charge is 0.279 e. The number of nitrogens with zero attached hydrogens (tertiary/aromatic N) is 1. The second-order valence-electron chi connectivity index (χ2n) is 3.77. The average molecular weight is 280 g/mol. The van der Waals surface area contributed by atoms with Crippen molar-refractivity contribution in [2.75, 3.05) is 0 Å². The number of nitro groups is 1. The van der Waals surface area contributed by atoms with Crippen LogP contribution in [-0.2, 0) is 0 Å². The van der Waals surface area contributed by atoms with Crippen molar-refractivity contribution < 1.29 is 14.1 Å². The summed E-state index contributed by atoms with van der Waals surface area (Å²) >= 11 is 5.64. The lowest BCUT2D eigenvalue weighted by Gasteiger charge is -2.05. The van der Waals surface area contributed by atoms with Crippen LogP contribution in [-0.4, -0.2) is 11.2 Å². The summed E-state index contributed by atoms with van der Waals surface area (Å²) in [6.07, 6.45) is 0.370. The molecule has 0 atom stereocenters. The topological polar surface area (TPSA) is 60.2 Å². The number of hydrogen-bond donors (Lipinski definition) is 0. The first-order chi connectivity index (χ1) is 9.02. The van der Waals surface area contributed by atoms with Gasteiger partial charge in [0.15, 0.2) is 6.29 Å². The first-order valence-electron chi connectivity index (χ1n) is 5.22. The van der Waals surface area contributed by atoms with Gasteiger partial charge in [-0.1, -0.05) is 11.6 Å². The van der Waals surface area contributed by atoms with Crippen LogP contribution in [0, 0.1) is 15.9 Å². The van der Waals surface area contributed by atoms with Crippen LogP contribution in [0.5, 0.6) is 0 Å². The van der Waals surface area contributed by atoms with Crippen molar-refractivity contribution in [2.45, 2.75) is 0 Å². The molecule has 0 fully saturated rings. The van der Waals surface area contributed by atoms with E-state index < -0.39 is 10.7 Å². The van der Waals surface area contributed by atoms with Crippen molar-refractivity contribution in [1.82, 2.24) is 0 Å². The highest BCUT2D eigenvalue weighted by molar-refractivity contribution is 6.30. The molecule has 19 heavy (non-hydrogen) atoms. The van der Waals surface area contributed by atoms with Gasteiger partial charge in [0, 0.05) is 16.7 Å². The number of carbonyl (C=O) groups is 1. The zero-order chi connectivity index (χ0) is 14.0. The fourth-order valence-corrected chi connectivity index (χ4v) is 1.87. The maximum atomic E-state index is 13.7. The van der Waals surface area contributed by atoms with Gasteiger partial charge < -0.3 is 0 Å². The zero-order valence-corrected chi connectivity index (χ0v) is 10.2. The van der Waals surface area contributed by atoms with E-state index in [1.54, 1.807) is 0 Å². The Bertz CT molecular complexity index is 673. The number of hydrogen-bond acceptors (Lipinski definition) is 3. The molecule has 0 aliphatic rings. The molecule has 2 rings (SSSR count). The van der Waals surface area contributed by atoms with E-state index in [0.29, 0.717) is 11.8 Å². The number of halogens is 2. The van der Waals surface area contributed by atoms with Crippen molar-refractivity contribution in [1.29, 1.82) is 0 Å². The molecule has 0 unspecified atom stereocenters. The summed E-state index contributed by atoms with van der Waals surface area (Å²) in [6, 6.07) is 7.93. The molecule has 2 aromatic rings. The minimum absolute atomic E-state index is 0.100. The van der Waals surface area contributed by atoms with Gasteiger partial charge in [0.25, 0.3) is 5.69 Å². The summed E-state index contributed by atoms with van der Waals surface area (Å²) in [7, 11) is 0. The molecule has 0 amide bonds. The standard InChI is InChI=1S/C13H7ClFNO3/c14-10-2-3-11(12(15)6-10)8-1-4-13(16(18)19)9(5-8)7-17/h1-7H. The Balaban J connectivity index is 2.57. The predicted octanol–water partition coefficient (Wildman–Crippen LogP) is 3.87. The SMILES string of the molecule is O=Cc1cc(-c2ccc(Cl)cc2F)ccc1[N+](=O)[O-]. The molecule has 0 radical (unpaired) electrons. The Morgan fingerprint density at radius 1 is 1.21 bits per heavy atom. The molecule has 0 N–H and O–H groups in total. The van der Waals surface area contributed by atoms with E-state index in [-0.39, 0.29) is 21.8 Å². The van der Waals surface area contributed by atoms with Gasteiger partial charge in [-0.25, -0.2) is 4.39 Å². The lowest BCUT2D eigenvalue weighted by molar-refractivity contribution is -0.385. The molecule has 0 saturated heterocycles. The average Bonchev–Trinajstić information content (AvgIpc) is 2.37. The Kier molecular flexibility index (Phi) is 3.57. The fourth-order valence-electron chi connectivity index (χ4n) is 1.71. The van der Waals surface area contributed by atoms with E-state index in [9.17, 15) is 19.3 Å². The molecule has 0 bridgehead atoms. The van der Waals surface area contributed by atoms with Gasteiger partial charge in [-0.2, -0.15) is 0 Å². The number of aldehydes is 1. The lowest BCUT2D eigenvalue weighted by Crippen LogP contribution is -1.95. The number of benzene rings is 2. The van der Waals surface area contributed by atoms with Crippen LogP contribution in [0.4, 0.5) is 10.1 Å². The Labute approximate surface area is 112 Å². The van der Waals surface area contributed by atoms with Crippen LogP contribution in [0.25, 0.3) is 11.1 Å². The molecule has 0 aromatic heterocycles. The first-order valence-corrected chi connectivity index (χ1v) is 5.60. The highest BCUT2D eigenvalue weighted by Crippen LogP contribution is 2.28. The minimum atomic E-state index is -0.661. The highest BCUT2D eigenvalue weighted by Gasteiger charge is 2.15. The van der Waals surface area contributed by atoms with Crippen molar-refractivity contribution in [3.05, 3.63) is 62.9 Å². The van der Waals surface area contributed by atoms with Crippen LogP contribution >= 0.6 is 11.6 Å². The maximum Gasteiger partial charge on any atom is 0.279 e. The predicted molar refractivity (Wildman–Crippen MR) is 68.9 cm³/mol. The number of rotatable bonds is 3. The van der Waals surface area contributed by atoms with E-state index in [4.69, 9.17) is 11.6 Å². The normalized spacial score (nSPS) is 10.2. The van der Waals surface area contributed by atoms with Crippen LogP contribution in [0.2, 0.25) is 5.02 Å². The van der Waals surface area contributed by atoms with Crippen LogP contribution in [0.1, 0.15) is 10.4 Å². The summed E-state index contributed by atoms with van der Waals surface area (Å²) in [5.74, 6) is -0.557. The summed E-state index contributed by atoms with van der Waals surface area (Å²) in [5.41, 5.74) is 0.189. The minimum Gasteiger partial charge on any atom is -0.298 e. The molecule has 0 aliphatic heterocycles. The van der Waals surface area contributed by atoms with Crippen molar-refractivity contribution in [3.8, 4) is 11.1 Å². The Hall–Kier alpha value is -2.27. The van der Waals surface area contributed by atoms with Crippen LogP contribution in [0.15, 0.2) is 36.4 Å². The zero-order valence-electron chi connectivity index (χ0n) is 9.47. The van der Waals surface area contributed by atoms with Gasteiger partial charge in [0.2, 0.25) is 0 Å². The Morgan fingerprint density at radius 3 is 2.53 bits per heavy atom. The molecule has 0 spiro atoms. The van der Waals surface area contributed by atoms with E-state index in [2.05, 4.69) is 0 Å². The Morgan fingerprint density at radius 2 is 1.95 bits per heavy atom. The third kappa shape index (κ3) is 2.61. The van der Waals surface area contributed by atoms with E-state index >= 15 is 0 Å². The molecular weight excluding hydrogens is 273 g/mol. The van der Waals surface area contributed by atoms with E-state index in [1.165, 1.54) is 30.3 Å². The summed E-state index contributed by atoms with van der Waals surface area (Å²) in [5, 5.41) is 10.9. The molecular formula is C13H7ClFNO3. The van der Waals surface area contributed by atoms with Gasteiger partial charge in [-0.3, -0.25) is 14.9 Å². The molecule has 4 nitrogen and oxygen atoms in total. The monoisotopic (exact) mass is 279 g/mol. The summed E-state index contributed by atoms with van der Waals surface area (Å²) < 4.78 is 13.7. The fraction of sp³-hybridized carbons (Fsp3) is 0. The molecule has 2 aromatic carbocycles. The number of carbonyl (C=O) groups excluding carboxylic acids is 1. The van der Waals surface area contributed by atoms with Crippen molar-refractivity contribution in [3.63, 3.8) is 0 Å². The van der Waals surface area contributed by atoms with Gasteiger partial charge in [-0.15, -0.1) is 0 Å². The van der Waals surface area contributed by atoms with E-state index in [0.717, 1.165) is 6.07 Å². The third-order valence-electron chi connectivity index (χ3n) is 2.59. The molecule has 6 heteroatoms. The van der Waals surface area contributed by atoms with E-state index in [1.807, 2.05) is 0 Å². The van der Waals surface area contributed by atoms with Gasteiger partial charge >= 0.3 is 0 Å². The second-order valence-corrected chi connectivity index (χ2v) is 4.21. The molecule has 0 saturated carbocycles. The molecule has 0 aliphatic carbocycles. The summed E-state index contributed by atoms with van der Waals surface area (Å²) in [6.45, 7) is 0. The lowest BCUT2D eigenvalue weighted by atomic mass is 10.0. The van der Waals surface area contributed by atoms with Crippen molar-refractivity contribution >= 4 is 23.6 Å². The van der Waals surface area contributed by atoms with Crippen molar-refractivity contribution in [2.24, 2.45) is 0 Å². The van der Waals surface area contributed by atoms with Gasteiger partial charge in [0.05, 0.1) is 10.5 Å². The quantitative estimate of drug-likeness (QED) is 0.487. The summed E-state index contributed by atoms with van der Waals surface area (Å²) in [4.78, 5) is 20.9. The highest BCUT2D eigenvalue weighted by atomic mass is 35.5. The largest absolute Gasteiger partial charge is 0.298 e. The molecule has 96 valence electrons. The maximum absolute atomic E-state index is 13.7. The third-order valence-corrected chi connectivity index (χ3v) is 2.83. The second kappa shape index (κ2) is 5.16. The number of nitro benzene ring substituents is 1. The van der Waals surface area contributed by atoms with Gasteiger partial charge in [0.1, 0.15) is 5.82 Å².